The molecule has 6 heteroatoms. The van der Waals surface area contributed by atoms with Gasteiger partial charge in [0.25, 0.3) is 0 Å². The third-order valence-corrected chi connectivity index (χ3v) is 5.19. The Morgan fingerprint density at radius 3 is 2.59 bits per heavy atom. The zero-order valence-electron chi connectivity index (χ0n) is 16.2. The van der Waals surface area contributed by atoms with E-state index in [0.717, 1.165) is 36.8 Å². The molecule has 6 nitrogen and oxygen atoms in total. The van der Waals surface area contributed by atoms with Crippen LogP contribution in [-0.2, 0) is 16.0 Å². The van der Waals surface area contributed by atoms with Crippen molar-refractivity contribution in [1.82, 2.24) is 0 Å². The molecule has 1 unspecified atom stereocenters. The number of hydrogen-bond acceptors (Lipinski definition) is 5. The predicted octanol–water partition coefficient (Wildman–Crippen LogP) is 4.49. The van der Waals surface area contributed by atoms with Crippen molar-refractivity contribution >= 4 is 5.97 Å². The highest BCUT2D eigenvalue weighted by Gasteiger charge is 2.46. The minimum absolute atomic E-state index is 0.0440. The number of ether oxygens (including phenoxy) is 2. The maximum atomic E-state index is 12.3. The number of carbonyl (C=O) groups is 1. The second kappa shape index (κ2) is 10.1. The number of benzene rings is 1. The fourth-order valence-electron chi connectivity index (χ4n) is 3.70. The van der Waals surface area contributed by atoms with Gasteiger partial charge >= 0.3 is 5.97 Å². The first kappa shape index (κ1) is 20.9. The van der Waals surface area contributed by atoms with E-state index in [-0.39, 0.29) is 36.8 Å². The molecule has 1 aromatic carbocycles. The minimum Gasteiger partial charge on any atom is -0.497 e. The molecule has 1 aliphatic carbocycles. The number of methoxy groups -OCH3 is 1. The molecule has 0 N–H and O–H groups in total. The largest absolute Gasteiger partial charge is 0.497 e. The lowest BCUT2D eigenvalue weighted by molar-refractivity contribution is -0.559. The second-order valence-electron chi connectivity index (χ2n) is 6.95. The first-order valence-corrected chi connectivity index (χ1v) is 9.64. The van der Waals surface area contributed by atoms with Crippen LogP contribution in [0.25, 0.3) is 0 Å². The number of hydrogen-bond donors (Lipinski definition) is 0. The van der Waals surface area contributed by atoms with E-state index in [1.807, 2.05) is 30.3 Å². The zero-order chi connectivity index (χ0) is 19.7. The Bertz CT molecular complexity index is 668. The average Bonchev–Trinajstić information content (AvgIpc) is 2.95. The summed E-state index contributed by atoms with van der Waals surface area (Å²) in [5.41, 5.74) is 0.442. The Kier molecular flexibility index (Phi) is 7.82. The van der Waals surface area contributed by atoms with Crippen molar-refractivity contribution in [2.45, 2.75) is 63.8 Å². The summed E-state index contributed by atoms with van der Waals surface area (Å²) in [6.07, 6.45) is 7.13. The Balaban J connectivity index is 2.34. The summed E-state index contributed by atoms with van der Waals surface area (Å²) < 4.78 is 10.2. The van der Waals surface area contributed by atoms with Crippen molar-refractivity contribution in [3.63, 3.8) is 0 Å². The molecule has 27 heavy (non-hydrogen) atoms. The molecule has 0 spiro atoms. The molecule has 1 aliphatic rings. The molecule has 0 amide bonds. The average molecular weight is 375 g/mol. The molecule has 0 saturated heterocycles. The van der Waals surface area contributed by atoms with Crippen LogP contribution in [0, 0.1) is 10.1 Å². The fourth-order valence-corrected chi connectivity index (χ4v) is 3.70. The smallest absolute Gasteiger partial charge is 0.306 e. The first-order valence-electron chi connectivity index (χ1n) is 9.64. The van der Waals surface area contributed by atoms with Gasteiger partial charge in [0.1, 0.15) is 5.75 Å². The number of rotatable bonds is 9. The van der Waals surface area contributed by atoms with Crippen LogP contribution < -0.4 is 4.74 Å². The molecule has 0 saturated carbocycles. The molecular weight excluding hydrogens is 346 g/mol. The Labute approximate surface area is 160 Å². The molecule has 0 radical (unpaired) electrons. The Hall–Kier alpha value is -2.37. The molecule has 0 aromatic heterocycles. The van der Waals surface area contributed by atoms with Crippen molar-refractivity contribution in [1.29, 1.82) is 0 Å². The third kappa shape index (κ3) is 5.55. The summed E-state index contributed by atoms with van der Waals surface area (Å²) in [6.45, 7) is 2.02. The summed E-state index contributed by atoms with van der Waals surface area (Å²) in [7, 11) is 1.59. The first-order chi connectivity index (χ1) is 13.0. The van der Waals surface area contributed by atoms with Crippen LogP contribution in [0.4, 0.5) is 0 Å². The summed E-state index contributed by atoms with van der Waals surface area (Å²) >= 11 is 0. The standard InChI is InChI=1S/C21H29NO5/c1-3-27-20(23)14-15-21(22(24)25,18-8-6-4-5-7-9-18)16-17-10-12-19(26-2)13-11-17/h8,10-13H,3-7,9,14-16H2,1-2H3. The Morgan fingerprint density at radius 1 is 1.22 bits per heavy atom. The van der Waals surface area contributed by atoms with E-state index in [2.05, 4.69) is 0 Å². The van der Waals surface area contributed by atoms with Gasteiger partial charge in [-0.1, -0.05) is 24.6 Å². The van der Waals surface area contributed by atoms with E-state index in [4.69, 9.17) is 9.47 Å². The van der Waals surface area contributed by atoms with Gasteiger partial charge in [0, 0.05) is 23.3 Å². The quantitative estimate of drug-likeness (QED) is 0.275. The SMILES string of the molecule is CCOC(=O)CCC(Cc1ccc(OC)cc1)(C1=CCCCCC1)[N+](=O)[O-]. The van der Waals surface area contributed by atoms with Crippen molar-refractivity contribution in [3.05, 3.63) is 51.6 Å². The molecule has 0 bridgehead atoms. The molecule has 1 atom stereocenters. The maximum absolute atomic E-state index is 12.3. The van der Waals surface area contributed by atoms with E-state index in [9.17, 15) is 14.9 Å². The Morgan fingerprint density at radius 2 is 1.96 bits per heavy atom. The van der Waals surface area contributed by atoms with Gasteiger partial charge < -0.3 is 9.47 Å². The van der Waals surface area contributed by atoms with Crippen LogP contribution in [0.5, 0.6) is 5.75 Å². The lowest BCUT2D eigenvalue weighted by Gasteiger charge is -2.28. The molecule has 0 fully saturated rings. The normalized spacial score (nSPS) is 16.6. The van der Waals surface area contributed by atoms with Crippen LogP contribution in [0.1, 0.15) is 57.4 Å². The monoisotopic (exact) mass is 375 g/mol. The second-order valence-corrected chi connectivity index (χ2v) is 6.95. The van der Waals surface area contributed by atoms with E-state index in [1.165, 1.54) is 0 Å². The fraction of sp³-hybridized carbons (Fsp3) is 0.571. The summed E-state index contributed by atoms with van der Waals surface area (Å²) in [5, 5.41) is 12.3. The summed E-state index contributed by atoms with van der Waals surface area (Å²) in [5.74, 6) is 0.332. The molecular formula is C21H29NO5. The van der Waals surface area contributed by atoms with Crippen LogP contribution in [0.2, 0.25) is 0 Å². The highest BCUT2D eigenvalue weighted by molar-refractivity contribution is 5.69. The topological polar surface area (TPSA) is 78.7 Å². The number of carbonyl (C=O) groups excluding carboxylic acids is 1. The minimum atomic E-state index is -1.27. The molecule has 0 aliphatic heterocycles. The lowest BCUT2D eigenvalue weighted by Crippen LogP contribution is -2.43. The van der Waals surface area contributed by atoms with E-state index < -0.39 is 5.54 Å². The van der Waals surface area contributed by atoms with Crippen molar-refractivity contribution < 1.29 is 19.2 Å². The van der Waals surface area contributed by atoms with Gasteiger partial charge in [0.15, 0.2) is 0 Å². The van der Waals surface area contributed by atoms with Crippen molar-refractivity contribution in [3.8, 4) is 5.75 Å². The van der Waals surface area contributed by atoms with Gasteiger partial charge in [0.05, 0.1) is 20.1 Å². The number of allylic oxidation sites excluding steroid dienone is 1. The number of nitro groups is 1. The molecule has 2 rings (SSSR count). The van der Waals surface area contributed by atoms with E-state index in [1.54, 1.807) is 14.0 Å². The highest BCUT2D eigenvalue weighted by atomic mass is 16.6. The lowest BCUT2D eigenvalue weighted by atomic mass is 9.78. The van der Waals surface area contributed by atoms with Gasteiger partial charge in [-0.25, -0.2) is 0 Å². The number of nitrogens with zero attached hydrogens (tertiary/aromatic N) is 1. The molecule has 1 aromatic rings. The highest BCUT2D eigenvalue weighted by Crippen LogP contribution is 2.36. The van der Waals surface area contributed by atoms with Crippen molar-refractivity contribution in [2.75, 3.05) is 13.7 Å². The molecule has 148 valence electrons. The van der Waals surface area contributed by atoms with Crippen LogP contribution >= 0.6 is 0 Å². The van der Waals surface area contributed by atoms with Crippen LogP contribution in [0.3, 0.4) is 0 Å². The molecule has 0 heterocycles. The zero-order valence-corrected chi connectivity index (χ0v) is 16.2. The van der Waals surface area contributed by atoms with Gasteiger partial charge in [-0.3, -0.25) is 14.9 Å². The van der Waals surface area contributed by atoms with Gasteiger partial charge in [0.2, 0.25) is 5.54 Å². The summed E-state index contributed by atoms with van der Waals surface area (Å²) in [4.78, 5) is 24.0. The van der Waals surface area contributed by atoms with E-state index >= 15 is 0 Å². The van der Waals surface area contributed by atoms with Crippen LogP contribution in [-0.4, -0.2) is 30.1 Å². The van der Waals surface area contributed by atoms with Gasteiger partial charge in [-0.15, -0.1) is 0 Å². The van der Waals surface area contributed by atoms with Gasteiger partial charge in [-0.05, 0) is 50.3 Å². The third-order valence-electron chi connectivity index (χ3n) is 5.19. The predicted molar refractivity (Wildman–Crippen MR) is 103 cm³/mol. The van der Waals surface area contributed by atoms with Crippen molar-refractivity contribution in [2.24, 2.45) is 0 Å². The van der Waals surface area contributed by atoms with Crippen LogP contribution in [0.15, 0.2) is 35.9 Å². The summed E-state index contributed by atoms with van der Waals surface area (Å²) in [6, 6.07) is 7.34. The van der Waals surface area contributed by atoms with Gasteiger partial charge in [-0.2, -0.15) is 0 Å². The maximum Gasteiger partial charge on any atom is 0.306 e. The number of esters is 1. The van der Waals surface area contributed by atoms with E-state index in [0.29, 0.717) is 12.2 Å².